The van der Waals surface area contributed by atoms with Crippen LogP contribution < -0.4 is 10.1 Å². The molecule has 0 aromatic heterocycles. The predicted molar refractivity (Wildman–Crippen MR) is 103 cm³/mol. The average molecular weight is 360 g/mol. The van der Waals surface area contributed by atoms with E-state index in [1.165, 1.54) is 16.7 Å². The second-order valence-electron chi connectivity index (χ2n) is 6.47. The molecule has 0 bridgehead atoms. The van der Waals surface area contributed by atoms with Gasteiger partial charge in [0.1, 0.15) is 5.75 Å². The number of benzene rings is 2. The van der Waals surface area contributed by atoms with Crippen LogP contribution in [0.1, 0.15) is 48.6 Å². The lowest BCUT2D eigenvalue weighted by Crippen LogP contribution is -2.39. The fourth-order valence-corrected chi connectivity index (χ4v) is 3.03. The van der Waals surface area contributed by atoms with Crippen molar-refractivity contribution in [2.75, 3.05) is 0 Å². The van der Waals surface area contributed by atoms with Crippen LogP contribution in [0.2, 0.25) is 5.02 Å². The van der Waals surface area contributed by atoms with Crippen LogP contribution in [0.4, 0.5) is 0 Å². The van der Waals surface area contributed by atoms with Gasteiger partial charge in [-0.1, -0.05) is 42.8 Å². The van der Waals surface area contributed by atoms with E-state index in [1.54, 1.807) is 12.1 Å². The smallest absolute Gasteiger partial charge is 0.261 e. The van der Waals surface area contributed by atoms with E-state index in [9.17, 15) is 4.79 Å². The molecule has 2 rings (SSSR count). The van der Waals surface area contributed by atoms with Crippen molar-refractivity contribution >= 4 is 17.5 Å². The molecule has 0 saturated carbocycles. The van der Waals surface area contributed by atoms with E-state index in [4.69, 9.17) is 16.3 Å². The van der Waals surface area contributed by atoms with Gasteiger partial charge in [0.2, 0.25) is 0 Å². The largest absolute Gasteiger partial charge is 0.479 e. The molecule has 25 heavy (non-hydrogen) atoms. The minimum Gasteiger partial charge on any atom is -0.479 e. The second kappa shape index (κ2) is 8.39. The van der Waals surface area contributed by atoms with Gasteiger partial charge >= 0.3 is 0 Å². The molecule has 0 spiro atoms. The van der Waals surface area contributed by atoms with E-state index in [0.29, 0.717) is 17.2 Å². The summed E-state index contributed by atoms with van der Waals surface area (Å²) >= 11 is 6.13. The monoisotopic (exact) mass is 359 g/mol. The summed E-state index contributed by atoms with van der Waals surface area (Å²) < 4.78 is 5.82. The first-order valence-corrected chi connectivity index (χ1v) is 9.00. The minimum absolute atomic E-state index is 0.0873. The summed E-state index contributed by atoms with van der Waals surface area (Å²) in [6.45, 7) is 10.2. The highest BCUT2D eigenvalue weighted by atomic mass is 35.5. The van der Waals surface area contributed by atoms with Gasteiger partial charge in [0, 0.05) is 0 Å². The van der Waals surface area contributed by atoms with Crippen molar-refractivity contribution in [2.24, 2.45) is 0 Å². The number of carbonyl (C=O) groups is 1. The lowest BCUT2D eigenvalue weighted by atomic mass is 9.96. The molecule has 0 saturated heterocycles. The quantitative estimate of drug-likeness (QED) is 0.760. The summed E-state index contributed by atoms with van der Waals surface area (Å²) in [7, 11) is 0. The molecule has 2 atom stereocenters. The Kier molecular flexibility index (Phi) is 6.49. The predicted octanol–water partition coefficient (Wildman–Crippen LogP) is 5.30. The fourth-order valence-electron chi connectivity index (χ4n) is 2.85. The summed E-state index contributed by atoms with van der Waals surface area (Å²) in [5.74, 6) is 0.397. The third-order valence-corrected chi connectivity index (χ3v) is 4.79. The van der Waals surface area contributed by atoms with E-state index in [0.717, 1.165) is 5.56 Å². The van der Waals surface area contributed by atoms with Gasteiger partial charge in [-0.25, -0.2) is 0 Å². The first kappa shape index (κ1) is 19.3. The van der Waals surface area contributed by atoms with Gasteiger partial charge in [0.15, 0.2) is 6.10 Å². The van der Waals surface area contributed by atoms with E-state index < -0.39 is 6.10 Å². The van der Waals surface area contributed by atoms with Crippen LogP contribution in [-0.4, -0.2) is 12.0 Å². The van der Waals surface area contributed by atoms with Crippen molar-refractivity contribution in [3.8, 4) is 5.75 Å². The average Bonchev–Trinajstić information content (AvgIpc) is 2.57. The van der Waals surface area contributed by atoms with Crippen LogP contribution >= 0.6 is 11.6 Å². The van der Waals surface area contributed by atoms with E-state index in [1.807, 2.05) is 26.0 Å². The van der Waals surface area contributed by atoms with Crippen molar-refractivity contribution in [1.82, 2.24) is 5.32 Å². The molecule has 1 N–H and O–H groups in total. The molecule has 134 valence electrons. The summed E-state index contributed by atoms with van der Waals surface area (Å²) in [6, 6.07) is 11.4. The molecular formula is C21H26ClNO2. The SMILES string of the molecule is CC[C@H](Oc1ccccc1Cl)C(=O)N[C@@H](C)c1cc(C)c(C)cc1C. The molecule has 0 unspecified atom stereocenters. The summed E-state index contributed by atoms with van der Waals surface area (Å²) in [6.07, 6.45) is -0.00965. The minimum atomic E-state index is -0.575. The Hall–Kier alpha value is -2.00. The first-order chi connectivity index (χ1) is 11.8. The molecule has 0 aliphatic heterocycles. The van der Waals surface area contributed by atoms with Crippen LogP contribution in [0, 0.1) is 20.8 Å². The van der Waals surface area contributed by atoms with Crippen molar-refractivity contribution in [1.29, 1.82) is 0 Å². The number of hydrogen-bond acceptors (Lipinski definition) is 2. The van der Waals surface area contributed by atoms with Crippen LogP contribution in [0.5, 0.6) is 5.75 Å². The van der Waals surface area contributed by atoms with Gasteiger partial charge in [0.05, 0.1) is 11.1 Å². The fraction of sp³-hybridized carbons (Fsp3) is 0.381. The highest BCUT2D eigenvalue weighted by molar-refractivity contribution is 6.32. The number of para-hydroxylation sites is 1. The first-order valence-electron chi connectivity index (χ1n) is 8.62. The van der Waals surface area contributed by atoms with E-state index in [-0.39, 0.29) is 11.9 Å². The Morgan fingerprint density at radius 2 is 1.76 bits per heavy atom. The zero-order valence-electron chi connectivity index (χ0n) is 15.5. The van der Waals surface area contributed by atoms with Gasteiger partial charge < -0.3 is 10.1 Å². The molecule has 0 fully saturated rings. The number of aryl methyl sites for hydroxylation is 3. The number of hydrogen-bond donors (Lipinski definition) is 1. The van der Waals surface area contributed by atoms with Crippen LogP contribution in [0.3, 0.4) is 0 Å². The topological polar surface area (TPSA) is 38.3 Å². The number of carbonyl (C=O) groups excluding carboxylic acids is 1. The van der Waals surface area contributed by atoms with Crippen molar-refractivity contribution in [2.45, 2.75) is 53.2 Å². The number of nitrogens with one attached hydrogen (secondary N) is 1. The molecule has 0 heterocycles. The summed E-state index contributed by atoms with van der Waals surface area (Å²) in [5, 5.41) is 3.57. The number of amides is 1. The lowest BCUT2D eigenvalue weighted by Gasteiger charge is -2.22. The third kappa shape index (κ3) is 4.76. The van der Waals surface area contributed by atoms with Crippen molar-refractivity contribution in [3.05, 3.63) is 63.7 Å². The molecule has 2 aromatic carbocycles. The van der Waals surface area contributed by atoms with Gasteiger partial charge in [-0.3, -0.25) is 4.79 Å². The highest BCUT2D eigenvalue weighted by Gasteiger charge is 2.22. The van der Waals surface area contributed by atoms with Crippen molar-refractivity contribution < 1.29 is 9.53 Å². The molecular weight excluding hydrogens is 334 g/mol. The summed E-state index contributed by atoms with van der Waals surface area (Å²) in [5.41, 5.74) is 4.79. The second-order valence-corrected chi connectivity index (χ2v) is 6.88. The van der Waals surface area contributed by atoms with Gasteiger partial charge in [0.25, 0.3) is 5.91 Å². The molecule has 0 aliphatic carbocycles. The maximum absolute atomic E-state index is 12.7. The maximum atomic E-state index is 12.7. The van der Waals surface area contributed by atoms with Crippen LogP contribution in [-0.2, 0) is 4.79 Å². The lowest BCUT2D eigenvalue weighted by molar-refractivity contribution is -0.128. The standard InChI is InChI=1S/C21H26ClNO2/c1-6-19(25-20-10-8-7-9-18(20)22)21(24)23-16(5)17-12-14(3)13(2)11-15(17)4/h7-12,16,19H,6H2,1-5H3,(H,23,24)/t16-,19-/m0/s1. The Morgan fingerprint density at radius 1 is 1.12 bits per heavy atom. The van der Waals surface area contributed by atoms with Crippen LogP contribution in [0.25, 0.3) is 0 Å². The Labute approximate surface area is 155 Å². The number of rotatable bonds is 6. The van der Waals surface area contributed by atoms with E-state index >= 15 is 0 Å². The van der Waals surface area contributed by atoms with E-state index in [2.05, 4.69) is 38.2 Å². The van der Waals surface area contributed by atoms with Crippen LogP contribution in [0.15, 0.2) is 36.4 Å². The molecule has 4 heteroatoms. The van der Waals surface area contributed by atoms with Gasteiger partial charge in [-0.2, -0.15) is 0 Å². The molecule has 3 nitrogen and oxygen atoms in total. The maximum Gasteiger partial charge on any atom is 0.261 e. The Morgan fingerprint density at radius 3 is 2.40 bits per heavy atom. The zero-order chi connectivity index (χ0) is 18.6. The summed E-state index contributed by atoms with van der Waals surface area (Å²) in [4.78, 5) is 12.7. The number of halogens is 1. The van der Waals surface area contributed by atoms with Gasteiger partial charge in [-0.05, 0) is 68.5 Å². The molecule has 2 aromatic rings. The number of ether oxygens (including phenoxy) is 1. The Balaban J connectivity index is 2.11. The highest BCUT2D eigenvalue weighted by Crippen LogP contribution is 2.26. The molecule has 1 amide bonds. The van der Waals surface area contributed by atoms with Crippen molar-refractivity contribution in [3.63, 3.8) is 0 Å². The molecule has 0 aliphatic rings. The Bertz CT molecular complexity index is 758. The van der Waals surface area contributed by atoms with Gasteiger partial charge in [-0.15, -0.1) is 0 Å². The third-order valence-electron chi connectivity index (χ3n) is 4.48. The zero-order valence-corrected chi connectivity index (χ0v) is 16.3. The normalized spacial score (nSPS) is 13.2. The molecule has 0 radical (unpaired) electrons.